The Bertz CT molecular complexity index is 1230. The molecule has 3 aromatic rings. The third-order valence-electron chi connectivity index (χ3n) is 5.68. The maximum atomic E-state index is 14.6. The molecule has 32 heavy (non-hydrogen) atoms. The molecule has 8 heteroatoms. The first-order chi connectivity index (χ1) is 15.1. The van der Waals surface area contributed by atoms with Gasteiger partial charge in [0.1, 0.15) is 28.8 Å². The Morgan fingerprint density at radius 1 is 1.31 bits per heavy atom. The van der Waals surface area contributed by atoms with E-state index >= 15 is 0 Å². The molecule has 1 aromatic carbocycles. The first-order valence-electron chi connectivity index (χ1n) is 10.7. The Morgan fingerprint density at radius 3 is 2.69 bits per heavy atom. The van der Waals surface area contributed by atoms with Crippen molar-refractivity contribution < 1.29 is 13.9 Å². The summed E-state index contributed by atoms with van der Waals surface area (Å²) in [5.74, 6) is 0.117. The maximum Gasteiger partial charge on any atom is 0.302 e. The lowest BCUT2D eigenvalue weighted by Gasteiger charge is -2.27. The molecule has 1 aliphatic carbocycles. The number of hydrogen-bond acceptors (Lipinski definition) is 5. The number of esters is 1. The highest BCUT2D eigenvalue weighted by Crippen LogP contribution is 2.31. The normalized spacial score (nSPS) is 13.9. The summed E-state index contributed by atoms with van der Waals surface area (Å²) in [5, 5.41) is 3.21. The van der Waals surface area contributed by atoms with E-state index in [4.69, 9.17) is 21.9 Å². The van der Waals surface area contributed by atoms with Crippen molar-refractivity contribution in [2.24, 2.45) is 0 Å². The minimum Gasteiger partial charge on any atom is -0.463 e. The predicted octanol–water partition coefficient (Wildman–Crippen LogP) is 4.58. The molecule has 0 radical (unpaired) electrons. The summed E-state index contributed by atoms with van der Waals surface area (Å²) in [7, 11) is 0. The van der Waals surface area contributed by atoms with Gasteiger partial charge in [0.05, 0.1) is 5.54 Å². The largest absolute Gasteiger partial charge is 0.463 e. The van der Waals surface area contributed by atoms with E-state index in [9.17, 15) is 9.18 Å². The van der Waals surface area contributed by atoms with Crippen LogP contribution in [0.2, 0.25) is 0 Å². The molecule has 1 saturated carbocycles. The second-order valence-corrected chi connectivity index (χ2v) is 9.46. The topological polar surface area (TPSA) is 69.0 Å². The molecule has 0 atom stereocenters. The van der Waals surface area contributed by atoms with Crippen LogP contribution >= 0.6 is 12.2 Å². The molecule has 1 aliphatic rings. The second-order valence-electron chi connectivity index (χ2n) is 9.05. The van der Waals surface area contributed by atoms with Crippen LogP contribution in [0.1, 0.15) is 50.6 Å². The quantitative estimate of drug-likeness (QED) is 0.434. The highest BCUT2D eigenvalue weighted by atomic mass is 32.1. The number of ether oxygens (including phenoxy) is 1. The van der Waals surface area contributed by atoms with E-state index in [1.807, 2.05) is 38.3 Å². The molecule has 0 unspecified atom stereocenters. The van der Waals surface area contributed by atoms with E-state index in [2.05, 4.69) is 10.3 Å². The fourth-order valence-corrected chi connectivity index (χ4v) is 4.26. The lowest BCUT2D eigenvalue weighted by Crippen LogP contribution is -2.33. The summed E-state index contributed by atoms with van der Waals surface area (Å²) in [5.41, 5.74) is 3.81. The van der Waals surface area contributed by atoms with Crippen LogP contribution in [-0.2, 0) is 15.1 Å². The Kier molecular flexibility index (Phi) is 5.75. The van der Waals surface area contributed by atoms with Gasteiger partial charge in [0, 0.05) is 30.3 Å². The average Bonchev–Trinajstić information content (AvgIpc) is 3.45. The number of halogens is 1. The van der Waals surface area contributed by atoms with Gasteiger partial charge in [0.15, 0.2) is 5.65 Å². The Labute approximate surface area is 192 Å². The van der Waals surface area contributed by atoms with Crippen molar-refractivity contribution >= 4 is 34.3 Å². The number of benzene rings is 1. The summed E-state index contributed by atoms with van der Waals surface area (Å²) in [4.78, 5) is 21.1. The molecule has 0 bridgehead atoms. The fourth-order valence-electron chi connectivity index (χ4n) is 3.94. The van der Waals surface area contributed by atoms with Crippen molar-refractivity contribution in [2.45, 2.75) is 59.0 Å². The maximum absolute atomic E-state index is 14.6. The molecule has 0 spiro atoms. The highest BCUT2D eigenvalue weighted by Gasteiger charge is 2.27. The molecular formula is C24H27FN4O2S. The molecule has 2 aromatic heterocycles. The number of rotatable bonds is 6. The van der Waals surface area contributed by atoms with Crippen LogP contribution in [-0.4, -0.2) is 38.1 Å². The van der Waals surface area contributed by atoms with E-state index in [1.165, 1.54) is 13.0 Å². The van der Waals surface area contributed by atoms with Crippen molar-refractivity contribution in [3.8, 4) is 11.1 Å². The Balaban J connectivity index is 1.73. The molecular weight excluding hydrogens is 427 g/mol. The molecule has 6 nitrogen and oxygen atoms in total. The number of imidazole rings is 1. The van der Waals surface area contributed by atoms with Crippen molar-refractivity contribution in [1.29, 1.82) is 0 Å². The third-order valence-corrected chi connectivity index (χ3v) is 6.02. The summed E-state index contributed by atoms with van der Waals surface area (Å²) in [6, 6.07) is 5.61. The van der Waals surface area contributed by atoms with Crippen LogP contribution in [0.25, 0.3) is 22.3 Å². The van der Waals surface area contributed by atoms with Gasteiger partial charge in [-0.25, -0.2) is 14.4 Å². The smallest absolute Gasteiger partial charge is 0.302 e. The van der Waals surface area contributed by atoms with Crippen LogP contribution in [0.4, 0.5) is 4.39 Å². The van der Waals surface area contributed by atoms with Crippen LogP contribution in [0.15, 0.2) is 24.4 Å². The fraction of sp³-hybridized carbons (Fsp3) is 0.417. The number of fused-ring (bicyclic) bond motifs is 1. The Hall–Kier alpha value is -2.87. The molecule has 0 aliphatic heterocycles. The molecule has 2 heterocycles. The molecule has 168 valence electrons. The number of pyridine rings is 1. The Morgan fingerprint density at radius 2 is 2.03 bits per heavy atom. The molecule has 0 amide bonds. The summed E-state index contributed by atoms with van der Waals surface area (Å²) >= 11 is 5.44. The van der Waals surface area contributed by atoms with Gasteiger partial charge >= 0.3 is 5.97 Å². The number of aryl methyl sites for hydroxylation is 2. The van der Waals surface area contributed by atoms with E-state index in [0.29, 0.717) is 22.2 Å². The SMILES string of the molecule is CC(=O)OCC(C)(C)n1c(C)nc2cc(-c3cc(C(=S)NC4CC4)c(F)cc3C)cnc21. The molecule has 4 rings (SSSR count). The van der Waals surface area contributed by atoms with Crippen molar-refractivity contribution in [2.75, 3.05) is 6.61 Å². The van der Waals surface area contributed by atoms with Crippen LogP contribution < -0.4 is 5.32 Å². The van der Waals surface area contributed by atoms with Crippen molar-refractivity contribution in [3.05, 3.63) is 47.2 Å². The zero-order chi connectivity index (χ0) is 23.2. The number of carbonyl (C=O) groups excluding carboxylic acids is 1. The summed E-state index contributed by atoms with van der Waals surface area (Å²) < 4.78 is 21.9. The van der Waals surface area contributed by atoms with Gasteiger partial charge < -0.3 is 14.6 Å². The van der Waals surface area contributed by atoms with Crippen molar-refractivity contribution in [3.63, 3.8) is 0 Å². The number of hydrogen-bond donors (Lipinski definition) is 1. The molecule has 1 fully saturated rings. The zero-order valence-electron chi connectivity index (χ0n) is 19.0. The minimum atomic E-state index is -0.515. The van der Waals surface area contributed by atoms with E-state index in [0.717, 1.165) is 40.9 Å². The molecule has 1 N–H and O–H groups in total. The van der Waals surface area contributed by atoms with Gasteiger partial charge in [-0.15, -0.1) is 0 Å². The number of nitrogens with zero attached hydrogens (tertiary/aromatic N) is 3. The van der Waals surface area contributed by atoms with Gasteiger partial charge in [0.25, 0.3) is 0 Å². The monoisotopic (exact) mass is 454 g/mol. The van der Waals surface area contributed by atoms with Crippen LogP contribution in [0.3, 0.4) is 0 Å². The van der Waals surface area contributed by atoms with Gasteiger partial charge in [-0.05, 0) is 69.9 Å². The van der Waals surface area contributed by atoms with E-state index in [1.54, 1.807) is 12.3 Å². The predicted molar refractivity (Wildman–Crippen MR) is 126 cm³/mol. The lowest BCUT2D eigenvalue weighted by molar-refractivity contribution is -0.143. The van der Waals surface area contributed by atoms with Gasteiger partial charge in [0.2, 0.25) is 0 Å². The standard InChI is InChI=1S/C24H27FN4O2S/c1-13-8-20(25)19(23(32)28-17-6-7-17)10-18(13)16-9-21-22(26-11-16)29(14(2)27-21)24(4,5)12-31-15(3)30/h8-11,17H,6-7,12H2,1-5H3,(H,28,32). The van der Waals surface area contributed by atoms with Gasteiger partial charge in [-0.1, -0.05) is 12.2 Å². The third kappa shape index (κ3) is 4.37. The average molecular weight is 455 g/mol. The van der Waals surface area contributed by atoms with Gasteiger partial charge in [-0.3, -0.25) is 4.79 Å². The lowest BCUT2D eigenvalue weighted by atomic mass is 9.98. The number of thiocarbonyl (C=S) groups is 1. The summed E-state index contributed by atoms with van der Waals surface area (Å²) in [6.07, 6.45) is 3.90. The van der Waals surface area contributed by atoms with Crippen molar-refractivity contribution in [1.82, 2.24) is 19.9 Å². The minimum absolute atomic E-state index is 0.212. The number of nitrogens with one attached hydrogen (secondary N) is 1. The highest BCUT2D eigenvalue weighted by molar-refractivity contribution is 7.80. The first-order valence-corrected chi connectivity index (χ1v) is 11.1. The van der Waals surface area contributed by atoms with E-state index in [-0.39, 0.29) is 18.4 Å². The number of aromatic nitrogens is 3. The number of carbonyl (C=O) groups is 1. The van der Waals surface area contributed by atoms with Crippen LogP contribution in [0, 0.1) is 19.7 Å². The van der Waals surface area contributed by atoms with E-state index < -0.39 is 5.54 Å². The summed E-state index contributed by atoms with van der Waals surface area (Å²) in [6.45, 7) is 9.33. The first kappa shape index (κ1) is 22.3. The second kappa shape index (κ2) is 8.24. The van der Waals surface area contributed by atoms with Gasteiger partial charge in [-0.2, -0.15) is 0 Å². The zero-order valence-corrected chi connectivity index (χ0v) is 19.8. The van der Waals surface area contributed by atoms with Crippen LogP contribution in [0.5, 0.6) is 0 Å². The molecule has 0 saturated heterocycles.